The molecule has 23 heavy (non-hydrogen) atoms. The third-order valence-corrected chi connectivity index (χ3v) is 6.70. The van der Waals surface area contributed by atoms with Gasteiger partial charge in [-0.2, -0.15) is 4.31 Å². The number of aromatic nitrogens is 2. The molecule has 3 atom stereocenters. The zero-order valence-electron chi connectivity index (χ0n) is 13.6. The molecule has 3 unspecified atom stereocenters. The highest BCUT2D eigenvalue weighted by molar-refractivity contribution is 7.89. The fourth-order valence-electron chi connectivity index (χ4n) is 3.51. The van der Waals surface area contributed by atoms with Crippen molar-refractivity contribution in [3.8, 4) is 0 Å². The number of hydrogen-bond acceptors (Lipinski definition) is 5. The summed E-state index contributed by atoms with van der Waals surface area (Å²) in [6.45, 7) is 4.98. The summed E-state index contributed by atoms with van der Waals surface area (Å²) in [5.41, 5.74) is 0. The second kappa shape index (κ2) is 6.51. The van der Waals surface area contributed by atoms with Crippen LogP contribution in [0.1, 0.15) is 39.2 Å². The lowest BCUT2D eigenvalue weighted by molar-refractivity contribution is -0.0148. The number of imidazole rings is 1. The molecule has 0 radical (unpaired) electrons. The topological polar surface area (TPSA) is 84.7 Å². The maximum absolute atomic E-state index is 13.0. The molecule has 1 N–H and O–H groups in total. The molecule has 2 aliphatic rings. The van der Waals surface area contributed by atoms with E-state index in [0.717, 1.165) is 19.3 Å². The maximum atomic E-state index is 13.0. The average molecular weight is 343 g/mol. The monoisotopic (exact) mass is 343 g/mol. The van der Waals surface area contributed by atoms with E-state index in [2.05, 4.69) is 4.98 Å². The molecule has 1 aromatic rings. The molecular formula is C15H25N3O4S. The molecule has 0 bridgehead atoms. The third-order valence-electron chi connectivity index (χ3n) is 4.89. The van der Waals surface area contributed by atoms with E-state index in [1.54, 1.807) is 17.1 Å². The highest BCUT2D eigenvalue weighted by atomic mass is 32.2. The molecule has 0 amide bonds. The van der Waals surface area contributed by atoms with Gasteiger partial charge in [-0.3, -0.25) is 0 Å². The van der Waals surface area contributed by atoms with Crippen LogP contribution in [0.2, 0.25) is 0 Å². The van der Waals surface area contributed by atoms with Crippen molar-refractivity contribution >= 4 is 10.0 Å². The van der Waals surface area contributed by atoms with E-state index in [1.807, 2.05) is 13.8 Å². The third kappa shape index (κ3) is 3.17. The van der Waals surface area contributed by atoms with Crippen molar-refractivity contribution in [1.82, 2.24) is 13.9 Å². The molecule has 1 aliphatic heterocycles. The summed E-state index contributed by atoms with van der Waals surface area (Å²) in [6, 6.07) is -0.154. The standard InChI is InChI=1S/C15H25N3O4S/c1-11(2)17-8-15(16-10-17)23(20,21)18-6-7-22-9-13(18)12-4-3-5-14(12)19/h8,10-14,19H,3-7,9H2,1-2H3. The number of sulfonamides is 1. The normalized spacial score (nSPS) is 30.2. The van der Waals surface area contributed by atoms with Crippen LogP contribution in [0, 0.1) is 5.92 Å². The van der Waals surface area contributed by atoms with Gasteiger partial charge >= 0.3 is 0 Å². The van der Waals surface area contributed by atoms with Gasteiger partial charge in [0.15, 0.2) is 5.03 Å². The Labute approximate surface area is 137 Å². The summed E-state index contributed by atoms with van der Waals surface area (Å²) < 4.78 is 34.8. The van der Waals surface area contributed by atoms with Crippen LogP contribution in [0.25, 0.3) is 0 Å². The van der Waals surface area contributed by atoms with Crippen LogP contribution < -0.4 is 0 Å². The van der Waals surface area contributed by atoms with Gasteiger partial charge in [0.2, 0.25) is 0 Å². The molecule has 130 valence electrons. The van der Waals surface area contributed by atoms with Gasteiger partial charge in [0, 0.05) is 24.7 Å². The molecule has 3 rings (SSSR count). The molecule has 7 nitrogen and oxygen atoms in total. The van der Waals surface area contributed by atoms with Crippen molar-refractivity contribution in [3.63, 3.8) is 0 Å². The number of rotatable bonds is 4. The number of aliphatic hydroxyl groups excluding tert-OH is 1. The van der Waals surface area contributed by atoms with Gasteiger partial charge in [0.25, 0.3) is 10.0 Å². The van der Waals surface area contributed by atoms with Gasteiger partial charge in [-0.05, 0) is 26.7 Å². The first-order chi connectivity index (χ1) is 10.9. The Hall–Kier alpha value is -0.960. The summed E-state index contributed by atoms with van der Waals surface area (Å²) in [5, 5.41) is 10.2. The molecule has 2 fully saturated rings. The first-order valence-corrected chi connectivity index (χ1v) is 9.66. The Balaban J connectivity index is 1.89. The van der Waals surface area contributed by atoms with E-state index in [0.29, 0.717) is 19.8 Å². The number of aliphatic hydroxyl groups is 1. The Morgan fingerprint density at radius 3 is 2.78 bits per heavy atom. The molecule has 1 aromatic heterocycles. The average Bonchev–Trinajstić information content (AvgIpc) is 3.16. The number of hydrogen-bond donors (Lipinski definition) is 1. The lowest BCUT2D eigenvalue weighted by Crippen LogP contribution is -2.53. The molecule has 1 aliphatic carbocycles. The Kier molecular flexibility index (Phi) is 4.78. The lowest BCUT2D eigenvalue weighted by atomic mass is 9.96. The van der Waals surface area contributed by atoms with E-state index in [1.165, 1.54) is 4.31 Å². The minimum absolute atomic E-state index is 0.0581. The summed E-state index contributed by atoms with van der Waals surface area (Å²) in [4.78, 5) is 4.09. The summed E-state index contributed by atoms with van der Waals surface area (Å²) >= 11 is 0. The van der Waals surface area contributed by atoms with Crippen LogP contribution in [0.5, 0.6) is 0 Å². The number of nitrogens with zero attached hydrogens (tertiary/aromatic N) is 3. The van der Waals surface area contributed by atoms with Crippen molar-refractivity contribution in [3.05, 3.63) is 12.5 Å². The van der Waals surface area contributed by atoms with Gasteiger partial charge in [0.05, 0.1) is 31.7 Å². The zero-order valence-corrected chi connectivity index (χ0v) is 14.4. The zero-order chi connectivity index (χ0) is 16.6. The fourth-order valence-corrected chi connectivity index (χ4v) is 5.08. The van der Waals surface area contributed by atoms with Crippen LogP contribution in [-0.2, 0) is 14.8 Å². The molecule has 0 aromatic carbocycles. The van der Waals surface area contributed by atoms with Gasteiger partial charge in [-0.1, -0.05) is 6.42 Å². The van der Waals surface area contributed by atoms with Crippen molar-refractivity contribution in [2.75, 3.05) is 19.8 Å². The second-order valence-corrected chi connectivity index (χ2v) is 8.51. The van der Waals surface area contributed by atoms with Gasteiger partial charge in [-0.25, -0.2) is 13.4 Å². The van der Waals surface area contributed by atoms with E-state index in [9.17, 15) is 13.5 Å². The van der Waals surface area contributed by atoms with Crippen molar-refractivity contribution in [1.29, 1.82) is 0 Å². The summed E-state index contributed by atoms with van der Waals surface area (Å²) in [5.74, 6) is -0.0581. The van der Waals surface area contributed by atoms with Gasteiger partial charge in [-0.15, -0.1) is 0 Å². The minimum Gasteiger partial charge on any atom is -0.393 e. The van der Waals surface area contributed by atoms with Crippen LogP contribution >= 0.6 is 0 Å². The first-order valence-electron chi connectivity index (χ1n) is 8.22. The maximum Gasteiger partial charge on any atom is 0.262 e. The number of ether oxygens (including phenoxy) is 1. The molecule has 8 heteroatoms. The molecule has 1 saturated carbocycles. The smallest absolute Gasteiger partial charge is 0.262 e. The van der Waals surface area contributed by atoms with E-state index < -0.39 is 16.1 Å². The van der Waals surface area contributed by atoms with E-state index in [4.69, 9.17) is 4.74 Å². The highest BCUT2D eigenvalue weighted by Crippen LogP contribution is 2.34. The molecule has 1 saturated heterocycles. The van der Waals surface area contributed by atoms with Crippen LogP contribution in [0.4, 0.5) is 0 Å². The van der Waals surface area contributed by atoms with E-state index >= 15 is 0 Å². The summed E-state index contributed by atoms with van der Waals surface area (Å²) in [7, 11) is -3.67. The van der Waals surface area contributed by atoms with Gasteiger partial charge in [0.1, 0.15) is 0 Å². The van der Waals surface area contributed by atoms with Crippen LogP contribution in [-0.4, -0.2) is 59.3 Å². The van der Waals surface area contributed by atoms with Crippen LogP contribution in [0.3, 0.4) is 0 Å². The quantitative estimate of drug-likeness (QED) is 0.882. The van der Waals surface area contributed by atoms with E-state index in [-0.39, 0.29) is 23.0 Å². The fraction of sp³-hybridized carbons (Fsp3) is 0.800. The van der Waals surface area contributed by atoms with Crippen molar-refractivity contribution in [2.24, 2.45) is 5.92 Å². The predicted molar refractivity (Wildman–Crippen MR) is 84.5 cm³/mol. The summed E-state index contributed by atoms with van der Waals surface area (Å²) in [6.07, 6.45) is 5.18. The minimum atomic E-state index is -3.67. The first kappa shape index (κ1) is 16.9. The Morgan fingerprint density at radius 1 is 1.39 bits per heavy atom. The SMILES string of the molecule is CC(C)n1cnc(S(=O)(=O)N2CCOCC2C2CCCC2O)c1. The molecular weight excluding hydrogens is 318 g/mol. The largest absolute Gasteiger partial charge is 0.393 e. The predicted octanol–water partition coefficient (Wildman–Crippen LogP) is 1.01. The van der Waals surface area contributed by atoms with Crippen LogP contribution in [0.15, 0.2) is 17.6 Å². The Morgan fingerprint density at radius 2 is 2.17 bits per heavy atom. The van der Waals surface area contributed by atoms with Crippen molar-refractivity contribution < 1.29 is 18.3 Å². The second-order valence-electron chi connectivity index (χ2n) is 6.67. The number of morpholine rings is 1. The highest BCUT2D eigenvalue weighted by Gasteiger charge is 2.43. The molecule has 2 heterocycles. The van der Waals surface area contributed by atoms with Crippen molar-refractivity contribution in [2.45, 2.75) is 56.3 Å². The Bertz CT molecular complexity index is 643. The lowest BCUT2D eigenvalue weighted by Gasteiger charge is -2.38. The van der Waals surface area contributed by atoms with Gasteiger partial charge < -0.3 is 14.4 Å². The molecule has 0 spiro atoms.